The fourth-order valence-electron chi connectivity index (χ4n) is 3.64. The molecular weight excluding hydrogens is 408 g/mol. The summed E-state index contributed by atoms with van der Waals surface area (Å²) in [4.78, 5) is 17.6. The lowest BCUT2D eigenvalue weighted by Crippen LogP contribution is -2.20. The average molecular weight is 433 g/mol. The summed E-state index contributed by atoms with van der Waals surface area (Å²) >= 11 is 0. The normalized spacial score (nSPS) is 11.7. The van der Waals surface area contributed by atoms with E-state index in [4.69, 9.17) is 0 Å². The van der Waals surface area contributed by atoms with E-state index in [1.807, 2.05) is 39.8 Å². The van der Waals surface area contributed by atoms with E-state index in [0.29, 0.717) is 17.6 Å². The lowest BCUT2D eigenvalue weighted by atomic mass is 10.1. The number of sulfone groups is 1. The molecule has 0 amide bonds. The molecule has 0 saturated carbocycles. The molecule has 0 spiro atoms. The zero-order valence-electron chi connectivity index (χ0n) is 18.0. The molecule has 0 fully saturated rings. The Hall–Kier alpha value is -3.25. The van der Waals surface area contributed by atoms with Crippen molar-refractivity contribution in [3.63, 3.8) is 0 Å². The van der Waals surface area contributed by atoms with Gasteiger partial charge >= 0.3 is 0 Å². The highest BCUT2D eigenvalue weighted by atomic mass is 32.2. The fraction of sp³-hybridized carbons (Fsp3) is 0.200. The van der Waals surface area contributed by atoms with Gasteiger partial charge in [-0.05, 0) is 63.1 Å². The first-order chi connectivity index (χ1) is 14.7. The molecule has 0 aliphatic carbocycles. The summed E-state index contributed by atoms with van der Waals surface area (Å²) < 4.78 is 28.5. The van der Waals surface area contributed by atoms with Crippen LogP contribution in [0.3, 0.4) is 0 Å². The highest BCUT2D eigenvalue weighted by Gasteiger charge is 2.24. The Morgan fingerprint density at radius 3 is 2.26 bits per heavy atom. The van der Waals surface area contributed by atoms with E-state index in [-0.39, 0.29) is 9.79 Å². The Balaban J connectivity index is 1.99. The molecule has 0 atom stereocenters. The molecule has 2 aromatic carbocycles. The van der Waals surface area contributed by atoms with Gasteiger partial charge in [-0.3, -0.25) is 4.79 Å². The Morgan fingerprint density at radius 2 is 1.55 bits per heavy atom. The maximum absolute atomic E-state index is 13.4. The third-order valence-corrected chi connectivity index (χ3v) is 7.26. The maximum atomic E-state index is 13.4. The highest BCUT2D eigenvalue weighted by Crippen LogP contribution is 2.23. The Kier molecular flexibility index (Phi) is 5.27. The van der Waals surface area contributed by atoms with Gasteiger partial charge in [0.25, 0.3) is 0 Å². The molecule has 0 saturated heterocycles. The van der Waals surface area contributed by atoms with Crippen molar-refractivity contribution in [1.82, 2.24) is 9.55 Å². The van der Waals surface area contributed by atoms with Crippen LogP contribution in [-0.4, -0.2) is 18.0 Å². The van der Waals surface area contributed by atoms with E-state index >= 15 is 0 Å². The topological polar surface area (TPSA) is 69.0 Å². The van der Waals surface area contributed by atoms with E-state index in [9.17, 15) is 13.2 Å². The number of hydrogen-bond donors (Lipinski definition) is 0. The van der Waals surface area contributed by atoms with Crippen LogP contribution >= 0.6 is 0 Å². The second-order valence-corrected chi connectivity index (χ2v) is 9.94. The molecule has 5 nitrogen and oxygen atoms in total. The minimum absolute atomic E-state index is 0.105. The van der Waals surface area contributed by atoms with Gasteiger partial charge in [0.15, 0.2) is 0 Å². The van der Waals surface area contributed by atoms with Crippen LogP contribution in [0, 0.1) is 27.7 Å². The van der Waals surface area contributed by atoms with Crippen molar-refractivity contribution in [3.8, 4) is 0 Å². The number of fused-ring (bicyclic) bond motifs is 1. The van der Waals surface area contributed by atoms with E-state index in [1.54, 1.807) is 28.8 Å². The van der Waals surface area contributed by atoms with E-state index in [0.717, 1.165) is 27.9 Å². The van der Waals surface area contributed by atoms with Crippen LogP contribution in [-0.2, 0) is 16.4 Å². The van der Waals surface area contributed by atoms with Crippen LogP contribution in [0.2, 0.25) is 0 Å². The number of rotatable bonds is 4. The minimum Gasteiger partial charge on any atom is -0.327 e. The van der Waals surface area contributed by atoms with Crippen molar-refractivity contribution in [2.75, 3.05) is 0 Å². The maximum Gasteiger partial charge on any atom is 0.211 e. The van der Waals surface area contributed by atoms with Crippen LogP contribution < -0.4 is 5.43 Å². The first-order valence-corrected chi connectivity index (χ1v) is 11.5. The smallest absolute Gasteiger partial charge is 0.211 e. The molecule has 4 rings (SSSR count). The van der Waals surface area contributed by atoms with E-state index in [2.05, 4.69) is 11.1 Å². The average Bonchev–Trinajstić information content (AvgIpc) is 2.72. The standard InChI is InChI=1S/C25H24N2O3S/c1-16-6-10-21(11-7-16)31(29,30)23-15-27(14-20-13-17(2)5-8-18(20)3)25-22(24(23)28)12-9-19(4)26-25/h5-13,15H,14H2,1-4H3. The SMILES string of the molecule is Cc1ccc(S(=O)(=O)c2cn(Cc3cc(C)ccc3C)c3nc(C)ccc3c2=O)cc1. The lowest BCUT2D eigenvalue weighted by Gasteiger charge is -2.15. The first-order valence-electron chi connectivity index (χ1n) is 10.1. The summed E-state index contributed by atoms with van der Waals surface area (Å²) in [6.07, 6.45) is 1.44. The lowest BCUT2D eigenvalue weighted by molar-refractivity contribution is 0.594. The van der Waals surface area contributed by atoms with Crippen molar-refractivity contribution >= 4 is 20.9 Å². The van der Waals surface area contributed by atoms with Crippen molar-refractivity contribution in [2.45, 2.75) is 44.0 Å². The molecule has 0 aliphatic heterocycles. The summed E-state index contributed by atoms with van der Waals surface area (Å²) in [7, 11) is -3.98. The molecule has 0 radical (unpaired) electrons. The molecular formula is C25H24N2O3S. The second kappa shape index (κ2) is 7.78. The van der Waals surface area contributed by atoms with Crippen molar-refractivity contribution in [3.05, 3.63) is 99.0 Å². The highest BCUT2D eigenvalue weighted by molar-refractivity contribution is 7.91. The third-order valence-electron chi connectivity index (χ3n) is 5.49. The number of benzene rings is 2. The van der Waals surface area contributed by atoms with Gasteiger partial charge in [0.2, 0.25) is 15.3 Å². The number of nitrogens with zero attached hydrogens (tertiary/aromatic N) is 2. The van der Waals surface area contributed by atoms with Crippen LogP contribution in [0.1, 0.15) is 27.9 Å². The molecule has 158 valence electrons. The van der Waals surface area contributed by atoms with Gasteiger partial charge in [-0.1, -0.05) is 41.5 Å². The van der Waals surface area contributed by atoms with Gasteiger partial charge in [0, 0.05) is 18.4 Å². The van der Waals surface area contributed by atoms with Crippen molar-refractivity contribution in [1.29, 1.82) is 0 Å². The second-order valence-electron chi connectivity index (χ2n) is 8.02. The largest absolute Gasteiger partial charge is 0.327 e. The summed E-state index contributed by atoms with van der Waals surface area (Å²) in [6, 6.07) is 16.1. The Labute approximate surface area is 181 Å². The van der Waals surface area contributed by atoms with Crippen LogP contribution in [0.25, 0.3) is 11.0 Å². The molecule has 31 heavy (non-hydrogen) atoms. The van der Waals surface area contributed by atoms with Gasteiger partial charge in [-0.2, -0.15) is 0 Å². The molecule has 0 unspecified atom stereocenters. The van der Waals surface area contributed by atoms with Gasteiger partial charge < -0.3 is 4.57 Å². The third kappa shape index (κ3) is 3.91. The quantitative estimate of drug-likeness (QED) is 0.476. The summed E-state index contributed by atoms with van der Waals surface area (Å²) in [6.45, 7) is 8.18. The number of aryl methyl sites for hydroxylation is 4. The Morgan fingerprint density at radius 1 is 0.871 bits per heavy atom. The van der Waals surface area contributed by atoms with Crippen molar-refractivity contribution < 1.29 is 8.42 Å². The monoisotopic (exact) mass is 432 g/mol. The van der Waals surface area contributed by atoms with Crippen LogP contribution in [0.15, 0.2) is 75.4 Å². The fourth-order valence-corrected chi connectivity index (χ4v) is 5.01. The van der Waals surface area contributed by atoms with Gasteiger partial charge in [0.05, 0.1) is 10.3 Å². The van der Waals surface area contributed by atoms with Gasteiger partial charge in [-0.25, -0.2) is 13.4 Å². The molecule has 6 heteroatoms. The molecule has 0 N–H and O–H groups in total. The van der Waals surface area contributed by atoms with E-state index < -0.39 is 15.3 Å². The molecule has 0 bridgehead atoms. The zero-order chi connectivity index (χ0) is 22.3. The molecule has 2 aromatic heterocycles. The zero-order valence-corrected chi connectivity index (χ0v) is 18.8. The molecule has 2 heterocycles. The van der Waals surface area contributed by atoms with Gasteiger partial charge in [0.1, 0.15) is 10.5 Å². The Bertz CT molecular complexity index is 1470. The predicted molar refractivity (Wildman–Crippen MR) is 122 cm³/mol. The predicted octanol–water partition coefficient (Wildman–Crippen LogP) is 4.51. The first kappa shape index (κ1) is 21.0. The number of aromatic nitrogens is 2. The summed E-state index contributed by atoms with van der Waals surface area (Å²) in [5.74, 6) is 0. The molecule has 0 aliphatic rings. The number of hydrogen-bond acceptors (Lipinski definition) is 4. The van der Waals surface area contributed by atoms with E-state index in [1.165, 1.54) is 18.3 Å². The van der Waals surface area contributed by atoms with Crippen molar-refractivity contribution in [2.24, 2.45) is 0 Å². The summed E-state index contributed by atoms with van der Waals surface area (Å²) in [5.41, 5.74) is 4.91. The van der Waals surface area contributed by atoms with Crippen LogP contribution in [0.5, 0.6) is 0 Å². The van der Waals surface area contributed by atoms with Crippen LogP contribution in [0.4, 0.5) is 0 Å². The molecule has 4 aromatic rings. The number of pyridine rings is 2. The van der Waals surface area contributed by atoms with Gasteiger partial charge in [-0.15, -0.1) is 0 Å². The minimum atomic E-state index is -3.98. The summed E-state index contributed by atoms with van der Waals surface area (Å²) in [5, 5.41) is 0.295.